The number of rotatable bonds is 6. The highest BCUT2D eigenvalue weighted by Gasteiger charge is 2.03. The van der Waals surface area contributed by atoms with Crippen LogP contribution < -0.4 is 15.4 Å². The predicted octanol–water partition coefficient (Wildman–Crippen LogP) is 3.98. The lowest BCUT2D eigenvalue weighted by molar-refractivity contribution is 0.415. The first kappa shape index (κ1) is 15.7. The van der Waals surface area contributed by atoms with Crippen LogP contribution in [0.2, 0.25) is 0 Å². The minimum Gasteiger partial charge on any atom is -0.497 e. The van der Waals surface area contributed by atoms with Gasteiger partial charge in [0, 0.05) is 23.9 Å². The summed E-state index contributed by atoms with van der Waals surface area (Å²) >= 11 is 0. The Labute approximate surface area is 139 Å². The summed E-state index contributed by atoms with van der Waals surface area (Å²) in [5.41, 5.74) is 1.47. The standard InChI is InChI=1S/C18H17FN4O/c1-24-15-8-6-14(7-9-15)23-18-10-17(21-12-22-18)20-11-13-4-2-3-5-16(13)19/h2-10,12H,11H2,1H3,(H2,20,21,22,23). The van der Waals surface area contributed by atoms with Crippen LogP contribution in [0.4, 0.5) is 21.7 Å². The molecule has 1 aromatic heterocycles. The van der Waals surface area contributed by atoms with Crippen molar-refractivity contribution in [2.45, 2.75) is 6.54 Å². The summed E-state index contributed by atoms with van der Waals surface area (Å²) in [5, 5.41) is 6.28. The molecule has 3 rings (SSSR count). The lowest BCUT2D eigenvalue weighted by atomic mass is 10.2. The average Bonchev–Trinajstić information content (AvgIpc) is 2.62. The average molecular weight is 324 g/mol. The number of nitrogens with one attached hydrogen (secondary N) is 2. The van der Waals surface area contributed by atoms with Gasteiger partial charge in [0.15, 0.2) is 0 Å². The Bertz CT molecular complexity index is 808. The predicted molar refractivity (Wildman–Crippen MR) is 92.0 cm³/mol. The van der Waals surface area contributed by atoms with Crippen molar-refractivity contribution in [1.82, 2.24) is 9.97 Å². The van der Waals surface area contributed by atoms with Crippen molar-refractivity contribution in [1.29, 1.82) is 0 Å². The Balaban J connectivity index is 1.66. The van der Waals surface area contributed by atoms with E-state index in [1.807, 2.05) is 24.3 Å². The van der Waals surface area contributed by atoms with Crippen molar-refractivity contribution in [3.63, 3.8) is 0 Å². The van der Waals surface area contributed by atoms with Gasteiger partial charge in [0.25, 0.3) is 0 Å². The van der Waals surface area contributed by atoms with Crippen LogP contribution in [0.15, 0.2) is 60.9 Å². The van der Waals surface area contributed by atoms with E-state index in [1.165, 1.54) is 12.4 Å². The van der Waals surface area contributed by atoms with E-state index in [1.54, 1.807) is 31.4 Å². The number of methoxy groups -OCH3 is 1. The maximum absolute atomic E-state index is 13.6. The van der Waals surface area contributed by atoms with Crippen LogP contribution in [-0.4, -0.2) is 17.1 Å². The van der Waals surface area contributed by atoms with Gasteiger partial charge in [-0.15, -0.1) is 0 Å². The molecule has 0 fully saturated rings. The highest BCUT2D eigenvalue weighted by Crippen LogP contribution is 2.20. The SMILES string of the molecule is COc1ccc(Nc2cc(NCc3ccccc3F)ncn2)cc1. The maximum atomic E-state index is 13.6. The minimum atomic E-state index is -0.240. The van der Waals surface area contributed by atoms with Gasteiger partial charge in [0.2, 0.25) is 0 Å². The zero-order valence-electron chi connectivity index (χ0n) is 13.2. The highest BCUT2D eigenvalue weighted by atomic mass is 19.1. The molecule has 2 aromatic carbocycles. The number of aromatic nitrogens is 2. The normalized spacial score (nSPS) is 10.2. The second-order valence-corrected chi connectivity index (χ2v) is 5.09. The van der Waals surface area contributed by atoms with Crippen LogP contribution in [-0.2, 0) is 6.54 Å². The Morgan fingerprint density at radius 2 is 1.75 bits per heavy atom. The van der Waals surface area contributed by atoms with E-state index in [0.717, 1.165) is 11.4 Å². The summed E-state index contributed by atoms with van der Waals surface area (Å²) in [7, 11) is 1.63. The van der Waals surface area contributed by atoms with Gasteiger partial charge >= 0.3 is 0 Å². The molecule has 5 nitrogen and oxygen atoms in total. The van der Waals surface area contributed by atoms with Crippen molar-refractivity contribution in [2.24, 2.45) is 0 Å². The van der Waals surface area contributed by atoms with Crippen molar-refractivity contribution in [3.8, 4) is 5.75 Å². The van der Waals surface area contributed by atoms with Crippen molar-refractivity contribution in [3.05, 3.63) is 72.3 Å². The fraction of sp³-hybridized carbons (Fsp3) is 0.111. The van der Waals surface area contributed by atoms with Gasteiger partial charge in [-0.1, -0.05) is 18.2 Å². The summed E-state index contributed by atoms with van der Waals surface area (Å²) in [6.07, 6.45) is 1.45. The molecule has 0 aliphatic carbocycles. The van der Waals surface area contributed by atoms with Gasteiger partial charge in [-0.3, -0.25) is 0 Å². The van der Waals surface area contributed by atoms with Crippen LogP contribution in [0.3, 0.4) is 0 Å². The molecule has 0 atom stereocenters. The molecular weight excluding hydrogens is 307 g/mol. The Morgan fingerprint density at radius 3 is 2.50 bits per heavy atom. The van der Waals surface area contributed by atoms with Gasteiger partial charge < -0.3 is 15.4 Å². The van der Waals surface area contributed by atoms with E-state index in [4.69, 9.17) is 4.74 Å². The fourth-order valence-corrected chi connectivity index (χ4v) is 2.17. The van der Waals surface area contributed by atoms with Crippen molar-refractivity contribution < 1.29 is 9.13 Å². The summed E-state index contributed by atoms with van der Waals surface area (Å²) in [6, 6.07) is 15.9. The van der Waals surface area contributed by atoms with Gasteiger partial charge in [-0.05, 0) is 30.3 Å². The van der Waals surface area contributed by atoms with E-state index in [2.05, 4.69) is 20.6 Å². The van der Waals surface area contributed by atoms with Crippen LogP contribution in [0.25, 0.3) is 0 Å². The maximum Gasteiger partial charge on any atom is 0.135 e. The second-order valence-electron chi connectivity index (χ2n) is 5.09. The first-order valence-corrected chi connectivity index (χ1v) is 7.45. The lowest BCUT2D eigenvalue weighted by Gasteiger charge is -2.09. The van der Waals surface area contributed by atoms with Crippen LogP contribution in [0.5, 0.6) is 5.75 Å². The molecular formula is C18H17FN4O. The summed E-state index contributed by atoms with van der Waals surface area (Å²) < 4.78 is 18.8. The molecule has 0 saturated heterocycles. The van der Waals surface area contributed by atoms with Crippen LogP contribution in [0, 0.1) is 5.82 Å². The molecule has 0 saturated carbocycles. The van der Waals surface area contributed by atoms with Crippen LogP contribution in [0.1, 0.15) is 5.56 Å². The molecule has 0 spiro atoms. The fourth-order valence-electron chi connectivity index (χ4n) is 2.17. The molecule has 1 heterocycles. The Hall–Kier alpha value is -3.15. The van der Waals surface area contributed by atoms with Crippen molar-refractivity contribution in [2.75, 3.05) is 17.7 Å². The number of hydrogen-bond acceptors (Lipinski definition) is 5. The zero-order valence-corrected chi connectivity index (χ0v) is 13.2. The number of hydrogen-bond donors (Lipinski definition) is 2. The number of halogens is 1. The summed E-state index contributed by atoms with van der Waals surface area (Å²) in [4.78, 5) is 8.33. The zero-order chi connectivity index (χ0) is 16.8. The smallest absolute Gasteiger partial charge is 0.135 e. The molecule has 2 N–H and O–H groups in total. The monoisotopic (exact) mass is 324 g/mol. The Morgan fingerprint density at radius 1 is 1.00 bits per heavy atom. The van der Waals surface area contributed by atoms with Crippen LogP contribution >= 0.6 is 0 Å². The number of benzene rings is 2. The molecule has 0 radical (unpaired) electrons. The molecule has 6 heteroatoms. The van der Waals surface area contributed by atoms with E-state index in [9.17, 15) is 4.39 Å². The molecule has 0 bridgehead atoms. The third kappa shape index (κ3) is 3.98. The molecule has 0 aliphatic rings. The largest absolute Gasteiger partial charge is 0.497 e. The van der Waals surface area contributed by atoms with E-state index < -0.39 is 0 Å². The number of nitrogens with zero attached hydrogens (tertiary/aromatic N) is 2. The minimum absolute atomic E-state index is 0.240. The van der Waals surface area contributed by atoms with E-state index in [0.29, 0.717) is 23.7 Å². The van der Waals surface area contributed by atoms with Crippen molar-refractivity contribution >= 4 is 17.3 Å². The third-order valence-electron chi connectivity index (χ3n) is 3.45. The number of anilines is 3. The van der Waals surface area contributed by atoms with Gasteiger partial charge in [0.1, 0.15) is 29.5 Å². The third-order valence-corrected chi connectivity index (χ3v) is 3.45. The first-order chi connectivity index (χ1) is 11.7. The Kier molecular flexibility index (Phi) is 4.86. The van der Waals surface area contributed by atoms with Gasteiger partial charge in [-0.25, -0.2) is 14.4 Å². The van der Waals surface area contributed by atoms with Gasteiger partial charge in [-0.2, -0.15) is 0 Å². The quantitative estimate of drug-likeness (QED) is 0.718. The van der Waals surface area contributed by atoms with E-state index in [-0.39, 0.29) is 5.82 Å². The molecule has 24 heavy (non-hydrogen) atoms. The molecule has 0 amide bonds. The molecule has 0 unspecified atom stereocenters. The molecule has 0 aliphatic heterocycles. The number of ether oxygens (including phenoxy) is 1. The topological polar surface area (TPSA) is 59.1 Å². The second kappa shape index (κ2) is 7.41. The van der Waals surface area contributed by atoms with E-state index >= 15 is 0 Å². The summed E-state index contributed by atoms with van der Waals surface area (Å²) in [6.45, 7) is 0.353. The lowest BCUT2D eigenvalue weighted by Crippen LogP contribution is -2.04. The summed E-state index contributed by atoms with van der Waals surface area (Å²) in [5.74, 6) is 1.81. The molecule has 122 valence electrons. The first-order valence-electron chi connectivity index (χ1n) is 7.45. The molecule has 3 aromatic rings. The highest BCUT2D eigenvalue weighted by molar-refractivity contribution is 5.59. The van der Waals surface area contributed by atoms with Gasteiger partial charge in [0.05, 0.1) is 7.11 Å².